The molecular weight excluding hydrogens is 326 g/mol. The molecule has 3 rings (SSSR count). The number of ketones is 1. The Morgan fingerprint density at radius 1 is 1.41 bits per heavy atom. The van der Waals surface area contributed by atoms with Crippen LogP contribution in [0.4, 0.5) is 0 Å². The van der Waals surface area contributed by atoms with Gasteiger partial charge in [0.1, 0.15) is 11.6 Å². The molecule has 0 radical (unpaired) electrons. The fourth-order valence-corrected chi connectivity index (χ4v) is 3.11. The van der Waals surface area contributed by atoms with Crippen LogP contribution in [0, 0.1) is 11.3 Å². The number of carbonyl (C=O) groups is 1. The highest BCUT2D eigenvalue weighted by atomic mass is 35.5. The first-order chi connectivity index (χ1) is 10.5. The average molecular weight is 336 g/mol. The summed E-state index contributed by atoms with van der Waals surface area (Å²) in [4.78, 5) is 37.1. The van der Waals surface area contributed by atoms with Gasteiger partial charge in [-0.05, 0) is 25.0 Å². The third kappa shape index (κ3) is 2.63. The SMILES string of the molecule is N#Cc1cn(C2CC2)c(=O)n(CC(=O)c2ccc(Cl)s2)c1=O. The number of nitriles is 1. The van der Waals surface area contributed by atoms with Gasteiger partial charge in [-0.2, -0.15) is 5.26 Å². The second-order valence-electron chi connectivity index (χ2n) is 4.99. The molecule has 112 valence electrons. The van der Waals surface area contributed by atoms with Gasteiger partial charge < -0.3 is 0 Å². The predicted octanol–water partition coefficient (Wildman–Crippen LogP) is 1.81. The van der Waals surface area contributed by atoms with E-state index in [1.807, 2.05) is 0 Å². The van der Waals surface area contributed by atoms with Crippen molar-refractivity contribution < 1.29 is 4.79 Å². The van der Waals surface area contributed by atoms with Crippen molar-refractivity contribution >= 4 is 28.7 Å². The standard InChI is InChI=1S/C14H10ClN3O3S/c15-12-4-3-11(22-12)10(19)7-18-13(20)8(5-16)6-17(14(18)21)9-1-2-9/h3-4,6,9H,1-2,7H2. The van der Waals surface area contributed by atoms with Crippen LogP contribution in [0.15, 0.2) is 27.9 Å². The number of rotatable bonds is 4. The molecule has 0 saturated heterocycles. The van der Waals surface area contributed by atoms with E-state index in [1.165, 1.54) is 10.8 Å². The molecule has 0 bridgehead atoms. The molecule has 8 heteroatoms. The number of hydrogen-bond donors (Lipinski definition) is 0. The highest BCUT2D eigenvalue weighted by molar-refractivity contribution is 7.18. The average Bonchev–Trinajstić information content (AvgIpc) is 3.24. The van der Waals surface area contributed by atoms with Crippen LogP contribution in [0.5, 0.6) is 0 Å². The molecule has 0 spiro atoms. The van der Waals surface area contributed by atoms with Crippen molar-refractivity contribution in [1.82, 2.24) is 9.13 Å². The molecule has 2 aromatic heterocycles. The van der Waals surface area contributed by atoms with Crippen molar-refractivity contribution in [1.29, 1.82) is 5.26 Å². The van der Waals surface area contributed by atoms with Crippen LogP contribution >= 0.6 is 22.9 Å². The zero-order chi connectivity index (χ0) is 15.9. The summed E-state index contributed by atoms with van der Waals surface area (Å²) < 4.78 is 2.65. The third-order valence-corrected chi connectivity index (χ3v) is 4.68. The monoisotopic (exact) mass is 335 g/mol. The van der Waals surface area contributed by atoms with Crippen molar-refractivity contribution in [3.8, 4) is 6.07 Å². The first-order valence-electron chi connectivity index (χ1n) is 6.56. The molecular formula is C14H10ClN3O3S. The van der Waals surface area contributed by atoms with Crippen LogP contribution in [0.25, 0.3) is 0 Å². The minimum absolute atomic E-state index is 0.0118. The van der Waals surface area contributed by atoms with E-state index in [4.69, 9.17) is 16.9 Å². The van der Waals surface area contributed by atoms with E-state index in [0.29, 0.717) is 9.21 Å². The minimum Gasteiger partial charge on any atom is -0.296 e. The van der Waals surface area contributed by atoms with E-state index in [1.54, 1.807) is 18.2 Å². The number of nitrogens with zero attached hydrogens (tertiary/aromatic N) is 3. The van der Waals surface area contributed by atoms with Crippen LogP contribution < -0.4 is 11.2 Å². The Balaban J connectivity index is 2.04. The zero-order valence-electron chi connectivity index (χ0n) is 11.3. The van der Waals surface area contributed by atoms with E-state index in [-0.39, 0.29) is 17.4 Å². The Morgan fingerprint density at radius 2 is 2.14 bits per heavy atom. The number of halogens is 1. The fraction of sp³-hybridized carbons (Fsp3) is 0.286. The van der Waals surface area contributed by atoms with E-state index in [2.05, 4.69) is 0 Å². The number of carbonyl (C=O) groups excluding carboxylic acids is 1. The van der Waals surface area contributed by atoms with Gasteiger partial charge in [-0.15, -0.1) is 11.3 Å². The first kappa shape index (κ1) is 14.8. The van der Waals surface area contributed by atoms with Crippen LogP contribution in [0.1, 0.15) is 34.1 Å². The molecule has 2 heterocycles. The smallest absolute Gasteiger partial charge is 0.296 e. The molecule has 2 aromatic rings. The zero-order valence-corrected chi connectivity index (χ0v) is 12.9. The highest BCUT2D eigenvalue weighted by Crippen LogP contribution is 2.33. The lowest BCUT2D eigenvalue weighted by Crippen LogP contribution is -2.42. The second kappa shape index (κ2) is 5.55. The van der Waals surface area contributed by atoms with E-state index < -0.39 is 17.8 Å². The molecule has 1 aliphatic rings. The first-order valence-corrected chi connectivity index (χ1v) is 7.75. The lowest BCUT2D eigenvalue weighted by atomic mass is 10.3. The molecule has 1 fully saturated rings. The van der Waals surface area contributed by atoms with E-state index >= 15 is 0 Å². The minimum atomic E-state index is -0.736. The van der Waals surface area contributed by atoms with Crippen LogP contribution in [0.3, 0.4) is 0 Å². The van der Waals surface area contributed by atoms with Crippen LogP contribution in [-0.4, -0.2) is 14.9 Å². The van der Waals surface area contributed by atoms with Gasteiger partial charge in [0.15, 0.2) is 5.78 Å². The summed E-state index contributed by atoms with van der Waals surface area (Å²) in [6.45, 7) is -0.392. The third-order valence-electron chi connectivity index (χ3n) is 3.41. The molecule has 0 aromatic carbocycles. The summed E-state index contributed by atoms with van der Waals surface area (Å²) >= 11 is 6.87. The van der Waals surface area contributed by atoms with Crippen molar-refractivity contribution in [3.63, 3.8) is 0 Å². The van der Waals surface area contributed by atoms with Crippen molar-refractivity contribution in [3.05, 3.63) is 53.9 Å². The molecule has 0 N–H and O–H groups in total. The molecule has 1 saturated carbocycles. The molecule has 1 aliphatic carbocycles. The van der Waals surface area contributed by atoms with Gasteiger partial charge in [0.05, 0.1) is 15.8 Å². The summed E-state index contributed by atoms with van der Waals surface area (Å²) in [7, 11) is 0. The summed E-state index contributed by atoms with van der Waals surface area (Å²) in [5.41, 5.74) is -1.42. The molecule has 0 amide bonds. The molecule has 0 aliphatic heterocycles. The maximum Gasteiger partial charge on any atom is 0.331 e. The molecule has 0 atom stereocenters. The van der Waals surface area contributed by atoms with Gasteiger partial charge in [-0.3, -0.25) is 18.7 Å². The second-order valence-corrected chi connectivity index (χ2v) is 6.71. The maximum absolute atomic E-state index is 12.4. The van der Waals surface area contributed by atoms with Gasteiger partial charge in [-0.25, -0.2) is 4.79 Å². The fourth-order valence-electron chi connectivity index (χ4n) is 2.14. The maximum atomic E-state index is 12.4. The largest absolute Gasteiger partial charge is 0.331 e. The normalized spacial score (nSPS) is 13.8. The predicted molar refractivity (Wildman–Crippen MR) is 81.6 cm³/mol. The number of hydrogen-bond acceptors (Lipinski definition) is 5. The Hall–Kier alpha value is -2.17. The summed E-state index contributed by atoms with van der Waals surface area (Å²) in [6, 6.07) is 4.92. The van der Waals surface area contributed by atoms with Gasteiger partial charge in [0, 0.05) is 12.2 Å². The van der Waals surface area contributed by atoms with Crippen LogP contribution in [-0.2, 0) is 6.54 Å². The molecule has 22 heavy (non-hydrogen) atoms. The summed E-state index contributed by atoms with van der Waals surface area (Å²) in [6.07, 6.45) is 2.94. The van der Waals surface area contributed by atoms with E-state index in [9.17, 15) is 14.4 Å². The Bertz CT molecular complexity index is 915. The molecule has 0 unspecified atom stereocenters. The Labute approximate surface area is 133 Å². The number of thiophene rings is 1. The Morgan fingerprint density at radius 3 is 2.68 bits per heavy atom. The van der Waals surface area contributed by atoms with E-state index in [0.717, 1.165) is 28.7 Å². The topological polar surface area (TPSA) is 84.9 Å². The van der Waals surface area contributed by atoms with Gasteiger partial charge >= 0.3 is 5.69 Å². The summed E-state index contributed by atoms with van der Waals surface area (Å²) in [5, 5.41) is 9.04. The van der Waals surface area contributed by atoms with Gasteiger partial charge in [0.25, 0.3) is 5.56 Å². The lowest BCUT2D eigenvalue weighted by Gasteiger charge is -2.09. The Kier molecular flexibility index (Phi) is 3.72. The lowest BCUT2D eigenvalue weighted by molar-refractivity contribution is 0.0972. The van der Waals surface area contributed by atoms with Crippen LogP contribution in [0.2, 0.25) is 4.34 Å². The van der Waals surface area contributed by atoms with Gasteiger partial charge in [-0.1, -0.05) is 11.6 Å². The highest BCUT2D eigenvalue weighted by Gasteiger charge is 2.27. The summed E-state index contributed by atoms with van der Waals surface area (Å²) in [5.74, 6) is -0.381. The molecule has 6 nitrogen and oxygen atoms in total. The number of Topliss-reactive ketones (excluding diaryl/α,β-unsaturated/α-hetero) is 1. The van der Waals surface area contributed by atoms with Crippen molar-refractivity contribution in [2.24, 2.45) is 0 Å². The number of aromatic nitrogens is 2. The van der Waals surface area contributed by atoms with Crippen molar-refractivity contribution in [2.75, 3.05) is 0 Å². The van der Waals surface area contributed by atoms with Crippen molar-refractivity contribution in [2.45, 2.75) is 25.4 Å². The van der Waals surface area contributed by atoms with Gasteiger partial charge in [0.2, 0.25) is 0 Å². The quantitative estimate of drug-likeness (QED) is 0.797.